The first kappa shape index (κ1) is 13.9. The van der Waals surface area contributed by atoms with Crippen molar-refractivity contribution in [1.82, 2.24) is 5.32 Å². The fourth-order valence-corrected chi connectivity index (χ4v) is 3.64. The molecule has 1 aliphatic rings. The standard InChI is InChI=1S/C16H18ClNOS/c1-19-14-5-2-4-13(17)12(14)10-18-16(11-7-8-11)15-6-3-9-20-15/h2-6,9,11,16,18H,7-8,10H2,1H3. The number of rotatable bonds is 6. The molecular weight excluding hydrogens is 290 g/mol. The Labute approximate surface area is 128 Å². The third-order valence-electron chi connectivity index (χ3n) is 3.74. The van der Waals surface area contributed by atoms with Gasteiger partial charge in [0.2, 0.25) is 0 Å². The number of ether oxygens (including phenoxy) is 1. The first-order valence-corrected chi connectivity index (χ1v) is 8.13. The lowest BCUT2D eigenvalue weighted by Crippen LogP contribution is -2.22. The lowest BCUT2D eigenvalue weighted by atomic mass is 10.1. The average Bonchev–Trinajstić information content (AvgIpc) is 3.15. The van der Waals surface area contributed by atoms with Crippen molar-refractivity contribution in [2.75, 3.05) is 7.11 Å². The van der Waals surface area contributed by atoms with E-state index in [4.69, 9.17) is 16.3 Å². The normalized spacial score (nSPS) is 16.1. The minimum atomic E-state index is 0.441. The van der Waals surface area contributed by atoms with Crippen LogP contribution in [0, 0.1) is 5.92 Å². The van der Waals surface area contributed by atoms with Gasteiger partial charge in [0.25, 0.3) is 0 Å². The van der Waals surface area contributed by atoms with Crippen LogP contribution in [0.1, 0.15) is 29.3 Å². The van der Waals surface area contributed by atoms with Crippen molar-refractivity contribution < 1.29 is 4.74 Å². The number of hydrogen-bond donors (Lipinski definition) is 1. The molecule has 1 aromatic heterocycles. The van der Waals surface area contributed by atoms with E-state index < -0.39 is 0 Å². The molecule has 4 heteroatoms. The molecule has 1 heterocycles. The van der Waals surface area contributed by atoms with Crippen LogP contribution in [0.4, 0.5) is 0 Å². The van der Waals surface area contributed by atoms with Gasteiger partial charge in [-0.2, -0.15) is 0 Å². The predicted molar refractivity (Wildman–Crippen MR) is 84.6 cm³/mol. The second kappa shape index (κ2) is 6.17. The Balaban J connectivity index is 1.75. The van der Waals surface area contributed by atoms with Crippen LogP contribution in [0.3, 0.4) is 0 Å². The van der Waals surface area contributed by atoms with E-state index in [1.54, 1.807) is 7.11 Å². The van der Waals surface area contributed by atoms with Gasteiger partial charge in [-0.05, 0) is 42.3 Å². The van der Waals surface area contributed by atoms with Gasteiger partial charge in [-0.3, -0.25) is 0 Å². The molecular formula is C16H18ClNOS. The van der Waals surface area contributed by atoms with Gasteiger partial charge >= 0.3 is 0 Å². The summed E-state index contributed by atoms with van der Waals surface area (Å²) in [5, 5.41) is 6.56. The molecule has 1 atom stereocenters. The van der Waals surface area contributed by atoms with Gasteiger partial charge in [0.1, 0.15) is 5.75 Å². The Morgan fingerprint density at radius 2 is 2.20 bits per heavy atom. The molecule has 1 N–H and O–H groups in total. The van der Waals surface area contributed by atoms with Crippen LogP contribution in [0.5, 0.6) is 5.75 Å². The van der Waals surface area contributed by atoms with Crippen molar-refractivity contribution in [3.63, 3.8) is 0 Å². The van der Waals surface area contributed by atoms with E-state index in [1.165, 1.54) is 17.7 Å². The number of methoxy groups -OCH3 is 1. The van der Waals surface area contributed by atoms with Gasteiger partial charge in [-0.25, -0.2) is 0 Å². The average molecular weight is 308 g/mol. The van der Waals surface area contributed by atoms with Gasteiger partial charge < -0.3 is 10.1 Å². The maximum atomic E-state index is 6.29. The Morgan fingerprint density at radius 3 is 2.85 bits per heavy atom. The van der Waals surface area contributed by atoms with Crippen LogP contribution in [-0.2, 0) is 6.54 Å². The number of nitrogens with one attached hydrogen (secondary N) is 1. The van der Waals surface area contributed by atoms with E-state index >= 15 is 0 Å². The Morgan fingerprint density at radius 1 is 1.35 bits per heavy atom. The highest BCUT2D eigenvalue weighted by Gasteiger charge is 2.32. The van der Waals surface area contributed by atoms with Crippen LogP contribution in [0.15, 0.2) is 35.7 Å². The molecule has 1 fully saturated rings. The van der Waals surface area contributed by atoms with Crippen LogP contribution in [0.25, 0.3) is 0 Å². The smallest absolute Gasteiger partial charge is 0.124 e. The maximum Gasteiger partial charge on any atom is 0.124 e. The first-order chi connectivity index (χ1) is 9.79. The maximum absolute atomic E-state index is 6.29. The lowest BCUT2D eigenvalue weighted by Gasteiger charge is -2.18. The molecule has 0 aliphatic heterocycles. The van der Waals surface area contributed by atoms with Crippen molar-refractivity contribution in [2.45, 2.75) is 25.4 Å². The lowest BCUT2D eigenvalue weighted by molar-refractivity contribution is 0.403. The Kier molecular flexibility index (Phi) is 4.29. The third kappa shape index (κ3) is 3.00. The minimum Gasteiger partial charge on any atom is -0.496 e. The van der Waals surface area contributed by atoms with E-state index in [-0.39, 0.29) is 0 Å². The van der Waals surface area contributed by atoms with Gasteiger partial charge in [0.05, 0.1) is 7.11 Å². The first-order valence-electron chi connectivity index (χ1n) is 6.87. The summed E-state index contributed by atoms with van der Waals surface area (Å²) in [4.78, 5) is 1.42. The van der Waals surface area contributed by atoms with Crippen molar-refractivity contribution in [3.8, 4) is 5.75 Å². The highest BCUT2D eigenvalue weighted by Crippen LogP contribution is 2.42. The van der Waals surface area contributed by atoms with Crippen molar-refractivity contribution >= 4 is 22.9 Å². The molecule has 1 unspecified atom stereocenters. The number of hydrogen-bond acceptors (Lipinski definition) is 3. The minimum absolute atomic E-state index is 0.441. The molecule has 2 aromatic rings. The van der Waals surface area contributed by atoms with Gasteiger partial charge in [0, 0.05) is 28.0 Å². The fourth-order valence-electron chi connectivity index (χ4n) is 2.51. The molecule has 0 radical (unpaired) electrons. The van der Waals surface area contributed by atoms with Crippen molar-refractivity contribution in [1.29, 1.82) is 0 Å². The van der Waals surface area contributed by atoms with Gasteiger partial charge in [0.15, 0.2) is 0 Å². The molecule has 0 amide bonds. The molecule has 0 saturated heterocycles. The fraction of sp³-hybridized carbons (Fsp3) is 0.375. The van der Waals surface area contributed by atoms with Crippen LogP contribution >= 0.6 is 22.9 Å². The number of thiophene rings is 1. The van der Waals surface area contributed by atoms with E-state index in [9.17, 15) is 0 Å². The zero-order valence-electron chi connectivity index (χ0n) is 11.4. The molecule has 1 saturated carbocycles. The second-order valence-corrected chi connectivity index (χ2v) is 6.52. The summed E-state index contributed by atoms with van der Waals surface area (Å²) in [6.45, 7) is 0.738. The van der Waals surface area contributed by atoms with E-state index in [0.29, 0.717) is 6.04 Å². The monoisotopic (exact) mass is 307 g/mol. The van der Waals surface area contributed by atoms with Crippen LogP contribution in [0.2, 0.25) is 5.02 Å². The van der Waals surface area contributed by atoms with Crippen molar-refractivity contribution in [3.05, 3.63) is 51.2 Å². The highest BCUT2D eigenvalue weighted by atomic mass is 35.5. The SMILES string of the molecule is COc1cccc(Cl)c1CNC(c1cccs1)C1CC1. The summed E-state index contributed by atoms with van der Waals surface area (Å²) in [6, 6.07) is 10.6. The summed E-state index contributed by atoms with van der Waals surface area (Å²) < 4.78 is 5.40. The molecule has 20 heavy (non-hydrogen) atoms. The quantitative estimate of drug-likeness (QED) is 0.838. The number of benzene rings is 1. The third-order valence-corrected chi connectivity index (χ3v) is 5.05. The molecule has 1 aromatic carbocycles. The summed E-state index contributed by atoms with van der Waals surface area (Å²) >= 11 is 8.12. The molecule has 106 valence electrons. The van der Waals surface area contributed by atoms with Crippen molar-refractivity contribution in [2.24, 2.45) is 5.92 Å². The van der Waals surface area contributed by atoms with Crippen LogP contribution < -0.4 is 10.1 Å². The Hall–Kier alpha value is -1.03. The zero-order chi connectivity index (χ0) is 13.9. The number of halogens is 1. The van der Waals surface area contributed by atoms with Crippen LogP contribution in [-0.4, -0.2) is 7.11 Å². The topological polar surface area (TPSA) is 21.3 Å². The largest absolute Gasteiger partial charge is 0.496 e. The summed E-state index contributed by atoms with van der Waals surface area (Å²) in [6.07, 6.45) is 2.63. The predicted octanol–water partition coefficient (Wildman–Crippen LogP) is 4.65. The molecule has 0 spiro atoms. The molecule has 0 bridgehead atoms. The second-order valence-electron chi connectivity index (χ2n) is 5.13. The zero-order valence-corrected chi connectivity index (χ0v) is 13.0. The van der Waals surface area contributed by atoms with E-state index in [2.05, 4.69) is 22.8 Å². The van der Waals surface area contributed by atoms with Gasteiger partial charge in [-0.15, -0.1) is 11.3 Å². The molecule has 3 rings (SSSR count). The Bertz CT molecular complexity index is 566. The van der Waals surface area contributed by atoms with E-state index in [1.807, 2.05) is 29.5 Å². The van der Waals surface area contributed by atoms with Gasteiger partial charge in [-0.1, -0.05) is 23.7 Å². The highest BCUT2D eigenvalue weighted by molar-refractivity contribution is 7.10. The van der Waals surface area contributed by atoms with E-state index in [0.717, 1.165) is 28.8 Å². The molecule has 2 nitrogen and oxygen atoms in total. The summed E-state index contributed by atoms with van der Waals surface area (Å²) in [5.41, 5.74) is 1.04. The molecule has 1 aliphatic carbocycles. The summed E-state index contributed by atoms with van der Waals surface area (Å²) in [5.74, 6) is 1.62. The summed E-state index contributed by atoms with van der Waals surface area (Å²) in [7, 11) is 1.69.